The first-order valence-electron chi connectivity index (χ1n) is 3.03. The van der Waals surface area contributed by atoms with Gasteiger partial charge in [0.1, 0.15) is 0 Å². The van der Waals surface area contributed by atoms with Crippen molar-refractivity contribution in [2.24, 2.45) is 0 Å². The number of thiazole rings is 1. The molecular formula is C6H9NO2S. The molecular weight excluding hydrogens is 150 g/mol. The number of nitrogens with one attached hydrogen (secondary N) is 1. The zero-order chi connectivity index (χ0) is 7.72. The van der Waals surface area contributed by atoms with Crippen LogP contribution in [0.1, 0.15) is 24.6 Å². The Balaban J connectivity index is 3.15. The summed E-state index contributed by atoms with van der Waals surface area (Å²) in [4.78, 5) is 13.5. The molecule has 1 aromatic heterocycles. The van der Waals surface area contributed by atoms with E-state index in [2.05, 4.69) is 4.98 Å². The Morgan fingerprint density at radius 1 is 1.60 bits per heavy atom. The van der Waals surface area contributed by atoms with Gasteiger partial charge < -0.3 is 5.11 Å². The lowest BCUT2D eigenvalue weighted by molar-refractivity contribution is 0.447. The van der Waals surface area contributed by atoms with Crippen LogP contribution in [0.3, 0.4) is 0 Å². The highest BCUT2D eigenvalue weighted by Crippen LogP contribution is 2.24. The van der Waals surface area contributed by atoms with E-state index in [-0.39, 0.29) is 16.7 Å². The second-order valence-corrected chi connectivity index (χ2v) is 3.40. The lowest BCUT2D eigenvalue weighted by Crippen LogP contribution is -1.89. The highest BCUT2D eigenvalue weighted by Gasteiger charge is 2.09. The number of aromatic amines is 1. The van der Waals surface area contributed by atoms with E-state index in [1.807, 2.05) is 13.8 Å². The van der Waals surface area contributed by atoms with Crippen LogP contribution >= 0.6 is 11.3 Å². The molecule has 0 amide bonds. The third-order valence-corrected chi connectivity index (χ3v) is 2.35. The molecule has 0 aromatic carbocycles. The molecule has 0 aliphatic rings. The van der Waals surface area contributed by atoms with Crippen LogP contribution in [0.5, 0.6) is 5.88 Å². The van der Waals surface area contributed by atoms with E-state index in [1.54, 1.807) is 0 Å². The molecule has 0 spiro atoms. The second kappa shape index (κ2) is 2.46. The molecule has 3 nitrogen and oxygen atoms in total. The van der Waals surface area contributed by atoms with Crippen molar-refractivity contribution < 1.29 is 5.11 Å². The third-order valence-electron chi connectivity index (χ3n) is 1.18. The minimum atomic E-state index is -0.193. The molecule has 0 bridgehead atoms. The third kappa shape index (κ3) is 1.21. The highest BCUT2D eigenvalue weighted by atomic mass is 32.1. The quantitative estimate of drug-likeness (QED) is 0.648. The predicted molar refractivity (Wildman–Crippen MR) is 40.7 cm³/mol. The molecule has 0 saturated carbocycles. The average Bonchev–Trinajstić information content (AvgIpc) is 2.10. The Labute approximate surface area is 62.3 Å². The topological polar surface area (TPSA) is 53.1 Å². The van der Waals surface area contributed by atoms with Crippen LogP contribution in [-0.4, -0.2) is 10.1 Å². The van der Waals surface area contributed by atoms with Gasteiger partial charge in [0.25, 0.3) is 0 Å². The van der Waals surface area contributed by atoms with Gasteiger partial charge in [0.15, 0.2) is 0 Å². The molecule has 10 heavy (non-hydrogen) atoms. The van der Waals surface area contributed by atoms with Crippen LogP contribution in [-0.2, 0) is 0 Å². The van der Waals surface area contributed by atoms with E-state index < -0.39 is 0 Å². The fourth-order valence-electron chi connectivity index (χ4n) is 0.723. The molecule has 0 aliphatic heterocycles. The fourth-order valence-corrected chi connectivity index (χ4v) is 1.45. The van der Waals surface area contributed by atoms with Gasteiger partial charge in [0.2, 0.25) is 5.88 Å². The first kappa shape index (κ1) is 7.34. The van der Waals surface area contributed by atoms with E-state index in [9.17, 15) is 4.79 Å². The fraction of sp³-hybridized carbons (Fsp3) is 0.500. The monoisotopic (exact) mass is 159 g/mol. The van der Waals surface area contributed by atoms with Gasteiger partial charge >= 0.3 is 4.87 Å². The standard InChI is InChI=1S/C6H9NO2S/c1-3(2)4-5(8)7-6(9)10-4/h3,8H,1-2H3,(H,7,9). The minimum absolute atomic E-state index is 0.0185. The molecule has 0 unspecified atom stereocenters. The van der Waals surface area contributed by atoms with Gasteiger partial charge in [-0.05, 0) is 5.92 Å². The second-order valence-electron chi connectivity index (χ2n) is 2.38. The molecule has 2 N–H and O–H groups in total. The van der Waals surface area contributed by atoms with Crippen LogP contribution in [0.4, 0.5) is 0 Å². The van der Waals surface area contributed by atoms with Gasteiger partial charge in [-0.1, -0.05) is 25.2 Å². The van der Waals surface area contributed by atoms with Crippen molar-refractivity contribution in [1.82, 2.24) is 4.98 Å². The number of H-pyrrole nitrogens is 1. The highest BCUT2D eigenvalue weighted by molar-refractivity contribution is 7.09. The van der Waals surface area contributed by atoms with E-state index in [4.69, 9.17) is 5.11 Å². The Morgan fingerprint density at radius 3 is 2.40 bits per heavy atom. The van der Waals surface area contributed by atoms with Crippen LogP contribution in [0.25, 0.3) is 0 Å². The molecule has 1 aromatic rings. The summed E-state index contributed by atoms with van der Waals surface area (Å²) in [6.45, 7) is 3.86. The first-order chi connectivity index (χ1) is 4.61. The maximum Gasteiger partial charge on any atom is 0.307 e. The number of rotatable bonds is 1. The van der Waals surface area contributed by atoms with Crippen LogP contribution in [0.15, 0.2) is 4.79 Å². The average molecular weight is 159 g/mol. The normalized spacial score (nSPS) is 10.7. The van der Waals surface area contributed by atoms with E-state index >= 15 is 0 Å². The van der Waals surface area contributed by atoms with Gasteiger partial charge in [0.05, 0.1) is 4.88 Å². The number of aromatic nitrogens is 1. The summed E-state index contributed by atoms with van der Waals surface area (Å²) in [5.41, 5.74) is 0. The Bertz CT molecular complexity index is 274. The summed E-state index contributed by atoms with van der Waals surface area (Å²) in [7, 11) is 0. The van der Waals surface area contributed by atoms with Gasteiger partial charge in [-0.3, -0.25) is 9.78 Å². The molecule has 0 radical (unpaired) electrons. The number of hydrogen-bond donors (Lipinski definition) is 2. The first-order valence-corrected chi connectivity index (χ1v) is 3.85. The summed E-state index contributed by atoms with van der Waals surface area (Å²) in [5.74, 6) is 0.231. The molecule has 4 heteroatoms. The van der Waals surface area contributed by atoms with Crippen molar-refractivity contribution in [1.29, 1.82) is 0 Å². The Kier molecular flexibility index (Phi) is 1.80. The van der Waals surface area contributed by atoms with Gasteiger partial charge in [0, 0.05) is 0 Å². The van der Waals surface area contributed by atoms with Crippen molar-refractivity contribution in [3.05, 3.63) is 14.5 Å². The summed E-state index contributed by atoms with van der Waals surface area (Å²) >= 11 is 1.06. The summed E-state index contributed by atoms with van der Waals surface area (Å²) in [5, 5.41) is 9.06. The molecule has 1 heterocycles. The van der Waals surface area contributed by atoms with Crippen molar-refractivity contribution in [2.45, 2.75) is 19.8 Å². The molecule has 0 saturated heterocycles. The summed E-state index contributed by atoms with van der Waals surface area (Å²) in [6, 6.07) is 0. The lowest BCUT2D eigenvalue weighted by atomic mass is 10.2. The van der Waals surface area contributed by atoms with Gasteiger partial charge in [-0.25, -0.2) is 0 Å². The molecule has 0 fully saturated rings. The van der Waals surface area contributed by atoms with Crippen LogP contribution in [0.2, 0.25) is 0 Å². The van der Waals surface area contributed by atoms with E-state index in [0.717, 1.165) is 16.2 Å². The lowest BCUT2D eigenvalue weighted by Gasteiger charge is -1.97. The molecule has 56 valence electrons. The minimum Gasteiger partial charge on any atom is -0.494 e. The van der Waals surface area contributed by atoms with Crippen molar-refractivity contribution in [3.63, 3.8) is 0 Å². The van der Waals surface area contributed by atoms with Crippen molar-refractivity contribution >= 4 is 11.3 Å². The Hall–Kier alpha value is -0.770. The van der Waals surface area contributed by atoms with Crippen LogP contribution in [0, 0.1) is 0 Å². The zero-order valence-electron chi connectivity index (χ0n) is 5.84. The number of aromatic hydroxyl groups is 1. The van der Waals surface area contributed by atoms with Crippen LogP contribution < -0.4 is 4.87 Å². The summed E-state index contributed by atoms with van der Waals surface area (Å²) < 4.78 is 0. The summed E-state index contributed by atoms with van der Waals surface area (Å²) in [6.07, 6.45) is 0. The zero-order valence-corrected chi connectivity index (χ0v) is 6.66. The predicted octanol–water partition coefficient (Wildman–Crippen LogP) is 1.27. The number of hydrogen-bond acceptors (Lipinski definition) is 3. The Morgan fingerprint density at radius 2 is 2.20 bits per heavy atom. The smallest absolute Gasteiger partial charge is 0.307 e. The maximum atomic E-state index is 10.6. The van der Waals surface area contributed by atoms with Gasteiger partial charge in [-0.2, -0.15) is 0 Å². The largest absolute Gasteiger partial charge is 0.494 e. The molecule has 1 rings (SSSR count). The van der Waals surface area contributed by atoms with E-state index in [1.165, 1.54) is 0 Å². The molecule has 0 aliphatic carbocycles. The van der Waals surface area contributed by atoms with E-state index in [0.29, 0.717) is 0 Å². The van der Waals surface area contributed by atoms with Crippen molar-refractivity contribution in [3.8, 4) is 5.88 Å². The maximum absolute atomic E-state index is 10.6. The molecule has 0 atom stereocenters. The van der Waals surface area contributed by atoms with Crippen molar-refractivity contribution in [2.75, 3.05) is 0 Å². The SMILES string of the molecule is CC(C)c1sc(=O)[nH]c1O. The van der Waals surface area contributed by atoms with Gasteiger partial charge in [-0.15, -0.1) is 0 Å².